The Kier molecular flexibility index (Phi) is 6.89. The van der Waals surface area contributed by atoms with Gasteiger partial charge in [-0.05, 0) is 41.5 Å². The summed E-state index contributed by atoms with van der Waals surface area (Å²) in [5.41, 5.74) is -5.52. The molecule has 0 radical (unpaired) electrons. The largest absolute Gasteiger partial charge is 0.458 e. The van der Waals surface area contributed by atoms with E-state index in [0.717, 1.165) is 6.07 Å². The lowest BCUT2D eigenvalue weighted by Gasteiger charge is -2.31. The normalized spacial score (nSPS) is 13.7. The maximum Gasteiger partial charge on any atom is 0.429 e. The molecule has 11 heteroatoms. The van der Waals surface area contributed by atoms with Gasteiger partial charge in [0.1, 0.15) is 12.4 Å². The summed E-state index contributed by atoms with van der Waals surface area (Å²) < 4.78 is 85.3. The van der Waals surface area contributed by atoms with Crippen LogP contribution in [0.1, 0.15) is 30.6 Å². The van der Waals surface area contributed by atoms with E-state index in [1.165, 1.54) is 30.3 Å². The van der Waals surface area contributed by atoms with Crippen LogP contribution in [0.2, 0.25) is 0 Å². The van der Waals surface area contributed by atoms with Crippen molar-refractivity contribution in [3.05, 3.63) is 42.0 Å². The molecular formula is C20H18F6O5. The van der Waals surface area contributed by atoms with E-state index in [0.29, 0.717) is 17.2 Å². The Morgan fingerprint density at radius 1 is 0.968 bits per heavy atom. The van der Waals surface area contributed by atoms with Crippen molar-refractivity contribution >= 4 is 22.7 Å². The number of esters is 2. The van der Waals surface area contributed by atoms with Gasteiger partial charge in [-0.25, -0.2) is 4.79 Å². The van der Waals surface area contributed by atoms with Gasteiger partial charge >= 0.3 is 24.3 Å². The van der Waals surface area contributed by atoms with E-state index in [9.17, 15) is 35.9 Å². The van der Waals surface area contributed by atoms with Crippen molar-refractivity contribution in [2.45, 2.75) is 38.2 Å². The van der Waals surface area contributed by atoms with Crippen LogP contribution in [0.4, 0.5) is 26.3 Å². The molecule has 0 aliphatic carbocycles. The van der Waals surface area contributed by atoms with Crippen molar-refractivity contribution < 1.29 is 50.5 Å². The molecule has 0 spiro atoms. The first-order valence-corrected chi connectivity index (χ1v) is 8.98. The molecule has 1 N–H and O–H groups in total. The number of halogens is 6. The molecule has 0 amide bonds. The maximum atomic E-state index is 12.7. The number of fused-ring (bicyclic) bond motifs is 1. The number of aliphatic hydroxyl groups is 1. The topological polar surface area (TPSA) is 72.8 Å². The van der Waals surface area contributed by atoms with Crippen molar-refractivity contribution in [2.24, 2.45) is 5.92 Å². The lowest BCUT2D eigenvalue weighted by Crippen LogP contribution is -2.60. The Hall–Kier alpha value is -2.82. The van der Waals surface area contributed by atoms with Crippen LogP contribution in [0.15, 0.2) is 36.4 Å². The number of hydrogen-bond donors (Lipinski definition) is 1. The van der Waals surface area contributed by atoms with Crippen LogP contribution >= 0.6 is 0 Å². The van der Waals surface area contributed by atoms with Crippen molar-refractivity contribution in [3.63, 3.8) is 0 Å². The molecule has 0 aromatic heterocycles. The van der Waals surface area contributed by atoms with Crippen LogP contribution in [0.25, 0.3) is 10.8 Å². The molecule has 2 rings (SSSR count). The van der Waals surface area contributed by atoms with Gasteiger partial charge in [-0.3, -0.25) is 4.79 Å². The first-order valence-electron chi connectivity index (χ1n) is 8.98. The lowest BCUT2D eigenvalue weighted by molar-refractivity contribution is -0.374. The summed E-state index contributed by atoms with van der Waals surface area (Å²) in [6.45, 7) is 1.17. The minimum Gasteiger partial charge on any atom is -0.458 e. The third-order valence-electron chi connectivity index (χ3n) is 4.63. The van der Waals surface area contributed by atoms with Crippen molar-refractivity contribution in [2.75, 3.05) is 6.61 Å². The standard InChI is InChI=1S/C20H18F6O5/c1-3-11(2)16(27)31-15-7-6-12-8-14(5-4-13(12)9-15)17(28)30-10-18(29,19(21,22)23)20(24,25)26/h4-9,11,29H,3,10H2,1-2H3. The van der Waals surface area contributed by atoms with Crippen LogP contribution in [0.3, 0.4) is 0 Å². The first kappa shape index (κ1) is 24.4. The zero-order chi connectivity index (χ0) is 23.6. The highest BCUT2D eigenvalue weighted by Gasteiger charge is 2.71. The van der Waals surface area contributed by atoms with Gasteiger partial charge in [0.25, 0.3) is 5.60 Å². The second-order valence-electron chi connectivity index (χ2n) is 6.89. The predicted molar refractivity (Wildman–Crippen MR) is 96.4 cm³/mol. The monoisotopic (exact) mass is 452 g/mol. The first-order chi connectivity index (χ1) is 14.2. The number of rotatable bonds is 6. The van der Waals surface area contributed by atoms with Gasteiger partial charge in [-0.2, -0.15) is 26.3 Å². The Morgan fingerprint density at radius 2 is 1.52 bits per heavy atom. The van der Waals surface area contributed by atoms with Gasteiger partial charge in [0.05, 0.1) is 11.5 Å². The Balaban J connectivity index is 2.19. The third-order valence-corrected chi connectivity index (χ3v) is 4.63. The predicted octanol–water partition coefficient (Wildman–Crippen LogP) is 4.80. The van der Waals surface area contributed by atoms with Crippen molar-refractivity contribution in [1.82, 2.24) is 0 Å². The molecule has 0 bridgehead atoms. The van der Waals surface area contributed by atoms with Gasteiger partial charge in [0, 0.05) is 0 Å². The Labute approximate surface area is 172 Å². The van der Waals surface area contributed by atoms with E-state index in [1.54, 1.807) is 6.92 Å². The Bertz CT molecular complexity index is 953. The van der Waals surface area contributed by atoms with Crippen LogP contribution in [-0.2, 0) is 9.53 Å². The molecule has 0 aliphatic heterocycles. The number of benzene rings is 2. The summed E-state index contributed by atoms with van der Waals surface area (Å²) in [5, 5.41) is 9.92. The highest BCUT2D eigenvalue weighted by Crippen LogP contribution is 2.43. The molecule has 170 valence electrons. The summed E-state index contributed by atoms with van der Waals surface area (Å²) in [6, 6.07) is 8.00. The minimum atomic E-state index is -6.10. The summed E-state index contributed by atoms with van der Waals surface area (Å²) in [6.07, 6.45) is -11.6. The van der Waals surface area contributed by atoms with Crippen LogP contribution in [0, 0.1) is 5.92 Å². The molecule has 0 heterocycles. The fourth-order valence-corrected chi connectivity index (χ4v) is 2.38. The van der Waals surface area contributed by atoms with E-state index in [1.807, 2.05) is 6.92 Å². The smallest absolute Gasteiger partial charge is 0.429 e. The summed E-state index contributed by atoms with van der Waals surface area (Å²) in [7, 11) is 0. The number of ether oxygens (including phenoxy) is 2. The summed E-state index contributed by atoms with van der Waals surface area (Å²) in [4.78, 5) is 23.8. The minimum absolute atomic E-state index is 0.230. The molecule has 0 aliphatic rings. The SMILES string of the molecule is CCC(C)C(=O)Oc1ccc2cc(C(=O)OCC(O)(C(F)(F)F)C(F)(F)F)ccc2c1. The fraction of sp³-hybridized carbons (Fsp3) is 0.400. The molecular weight excluding hydrogens is 434 g/mol. The second-order valence-corrected chi connectivity index (χ2v) is 6.89. The van der Waals surface area contributed by atoms with Gasteiger partial charge in [-0.15, -0.1) is 0 Å². The molecule has 0 saturated carbocycles. The molecule has 2 aromatic carbocycles. The molecule has 31 heavy (non-hydrogen) atoms. The molecule has 5 nitrogen and oxygen atoms in total. The lowest BCUT2D eigenvalue weighted by atomic mass is 10.0. The van der Waals surface area contributed by atoms with Crippen LogP contribution in [-0.4, -0.2) is 41.6 Å². The van der Waals surface area contributed by atoms with E-state index in [-0.39, 0.29) is 17.2 Å². The third kappa shape index (κ3) is 5.27. The van der Waals surface area contributed by atoms with Gasteiger partial charge in [0.15, 0.2) is 0 Å². The average Bonchev–Trinajstić information content (AvgIpc) is 2.68. The van der Waals surface area contributed by atoms with E-state index in [4.69, 9.17) is 9.84 Å². The van der Waals surface area contributed by atoms with Crippen LogP contribution in [0.5, 0.6) is 5.75 Å². The number of hydrogen-bond acceptors (Lipinski definition) is 5. The molecule has 1 unspecified atom stereocenters. The van der Waals surface area contributed by atoms with Crippen LogP contribution < -0.4 is 4.74 Å². The number of carbonyl (C=O) groups is 2. The zero-order valence-electron chi connectivity index (χ0n) is 16.3. The molecule has 0 saturated heterocycles. The Morgan fingerprint density at radius 3 is 2.06 bits per heavy atom. The molecule has 0 fully saturated rings. The maximum absolute atomic E-state index is 12.7. The van der Waals surface area contributed by atoms with E-state index < -0.39 is 36.5 Å². The molecule has 2 aromatic rings. The highest BCUT2D eigenvalue weighted by molar-refractivity contribution is 5.96. The number of carbonyl (C=O) groups excluding carboxylic acids is 2. The van der Waals surface area contributed by atoms with E-state index >= 15 is 0 Å². The quantitative estimate of drug-likeness (QED) is 0.387. The summed E-state index contributed by atoms with van der Waals surface area (Å²) in [5.74, 6) is -2.02. The van der Waals surface area contributed by atoms with Crippen molar-refractivity contribution in [1.29, 1.82) is 0 Å². The van der Waals surface area contributed by atoms with Crippen molar-refractivity contribution in [3.8, 4) is 5.75 Å². The van der Waals surface area contributed by atoms with Gasteiger partial charge in [-0.1, -0.05) is 26.0 Å². The zero-order valence-corrected chi connectivity index (χ0v) is 16.3. The molecule has 1 atom stereocenters. The fourth-order valence-electron chi connectivity index (χ4n) is 2.38. The average molecular weight is 452 g/mol. The second kappa shape index (κ2) is 8.74. The highest BCUT2D eigenvalue weighted by atomic mass is 19.4. The summed E-state index contributed by atoms with van der Waals surface area (Å²) >= 11 is 0. The van der Waals surface area contributed by atoms with Gasteiger partial charge in [0.2, 0.25) is 0 Å². The van der Waals surface area contributed by atoms with Gasteiger partial charge < -0.3 is 14.6 Å². The van der Waals surface area contributed by atoms with E-state index in [2.05, 4.69) is 4.74 Å². The number of alkyl halides is 6.